The van der Waals surface area contributed by atoms with Gasteiger partial charge in [-0.1, -0.05) is 12.1 Å². The molecule has 0 saturated carbocycles. The molecule has 2 N–H and O–H groups in total. The molecule has 1 rings (SSSR count). The molecule has 2 amide bonds. The van der Waals surface area contributed by atoms with Gasteiger partial charge in [0.2, 0.25) is 5.91 Å². The molecule has 0 aliphatic carbocycles. The quantitative estimate of drug-likeness (QED) is 0.671. The number of carbonyl (C=O) groups excluding carboxylic acids is 2. The lowest BCUT2D eigenvalue weighted by molar-refractivity contribution is -0.124. The minimum Gasteiger partial charge on any atom is -0.483 e. The van der Waals surface area contributed by atoms with E-state index < -0.39 is 0 Å². The van der Waals surface area contributed by atoms with Crippen LogP contribution in [0.2, 0.25) is 0 Å². The van der Waals surface area contributed by atoms with Crippen LogP contribution in [-0.2, 0) is 14.3 Å². The molecule has 0 bridgehead atoms. The first-order valence-electron chi connectivity index (χ1n) is 7.67. The number of rotatable bonds is 9. The molecule has 128 valence electrons. The lowest BCUT2D eigenvalue weighted by Crippen LogP contribution is -2.37. The highest BCUT2D eigenvalue weighted by molar-refractivity contribution is 5.78. The first-order valence-corrected chi connectivity index (χ1v) is 7.67. The number of carbonyl (C=O) groups is 2. The maximum Gasteiger partial charge on any atom is 0.258 e. The molecule has 0 heterocycles. The van der Waals surface area contributed by atoms with Gasteiger partial charge in [-0.25, -0.2) is 0 Å². The van der Waals surface area contributed by atoms with Crippen LogP contribution in [0, 0.1) is 20.8 Å². The molecule has 0 unspecified atom stereocenters. The second kappa shape index (κ2) is 9.84. The van der Waals surface area contributed by atoms with E-state index in [0.717, 1.165) is 22.4 Å². The molecule has 23 heavy (non-hydrogen) atoms. The number of hydrogen-bond acceptors (Lipinski definition) is 4. The van der Waals surface area contributed by atoms with E-state index in [2.05, 4.69) is 10.6 Å². The Balaban J connectivity index is 2.28. The van der Waals surface area contributed by atoms with Crippen molar-refractivity contribution in [1.82, 2.24) is 10.6 Å². The van der Waals surface area contributed by atoms with Gasteiger partial charge in [0.05, 0.1) is 6.61 Å². The summed E-state index contributed by atoms with van der Waals surface area (Å²) in [5.41, 5.74) is 3.18. The van der Waals surface area contributed by atoms with Crippen molar-refractivity contribution in [3.63, 3.8) is 0 Å². The monoisotopic (exact) mass is 322 g/mol. The van der Waals surface area contributed by atoms with Crippen molar-refractivity contribution in [3.05, 3.63) is 28.8 Å². The van der Waals surface area contributed by atoms with Crippen molar-refractivity contribution < 1.29 is 19.1 Å². The molecular weight excluding hydrogens is 296 g/mol. The Morgan fingerprint density at radius 2 is 1.61 bits per heavy atom. The lowest BCUT2D eigenvalue weighted by Gasteiger charge is -2.14. The minimum absolute atomic E-state index is 0.0389. The number of methoxy groups -OCH3 is 1. The maximum absolute atomic E-state index is 11.8. The number of hydrogen-bond donors (Lipinski definition) is 2. The van der Waals surface area contributed by atoms with Gasteiger partial charge in [-0.15, -0.1) is 0 Å². The van der Waals surface area contributed by atoms with Gasteiger partial charge >= 0.3 is 0 Å². The molecule has 0 atom stereocenters. The van der Waals surface area contributed by atoms with Crippen molar-refractivity contribution in [1.29, 1.82) is 0 Å². The predicted molar refractivity (Wildman–Crippen MR) is 88.7 cm³/mol. The van der Waals surface area contributed by atoms with E-state index in [1.807, 2.05) is 32.9 Å². The van der Waals surface area contributed by atoms with E-state index in [1.54, 1.807) is 7.11 Å². The smallest absolute Gasteiger partial charge is 0.258 e. The topological polar surface area (TPSA) is 76.7 Å². The number of ether oxygens (including phenoxy) is 2. The molecule has 0 aliphatic heterocycles. The molecule has 6 nitrogen and oxygen atoms in total. The van der Waals surface area contributed by atoms with Crippen LogP contribution in [0.5, 0.6) is 5.75 Å². The summed E-state index contributed by atoms with van der Waals surface area (Å²) in [5.74, 6) is 0.452. The molecule has 0 aromatic heterocycles. The number of amides is 2. The van der Waals surface area contributed by atoms with Gasteiger partial charge in [0.15, 0.2) is 6.61 Å². The Kier molecular flexibility index (Phi) is 8.11. The van der Waals surface area contributed by atoms with Crippen molar-refractivity contribution in [2.45, 2.75) is 27.2 Å². The first kappa shape index (κ1) is 19.0. The van der Waals surface area contributed by atoms with E-state index in [4.69, 9.17) is 9.47 Å². The molecule has 1 aromatic rings. The Morgan fingerprint density at radius 3 is 2.26 bits per heavy atom. The highest BCUT2D eigenvalue weighted by Crippen LogP contribution is 2.25. The van der Waals surface area contributed by atoms with E-state index in [0.29, 0.717) is 26.1 Å². The van der Waals surface area contributed by atoms with Gasteiger partial charge in [0, 0.05) is 26.6 Å². The van der Waals surface area contributed by atoms with Gasteiger partial charge in [-0.05, 0) is 37.5 Å². The first-order chi connectivity index (χ1) is 11.0. The zero-order chi connectivity index (χ0) is 17.2. The zero-order valence-electron chi connectivity index (χ0n) is 14.3. The molecule has 0 saturated heterocycles. The summed E-state index contributed by atoms with van der Waals surface area (Å²) in [4.78, 5) is 23.1. The molecule has 0 aliphatic rings. The van der Waals surface area contributed by atoms with E-state index >= 15 is 0 Å². The molecule has 1 aromatic carbocycles. The second-order valence-corrected chi connectivity index (χ2v) is 5.38. The molecule has 0 spiro atoms. The summed E-state index contributed by atoms with van der Waals surface area (Å²) >= 11 is 0. The summed E-state index contributed by atoms with van der Waals surface area (Å²) in [6.07, 6.45) is 0.319. The third kappa shape index (κ3) is 6.69. The Morgan fingerprint density at radius 1 is 1.00 bits per heavy atom. The van der Waals surface area contributed by atoms with Gasteiger partial charge in [-0.2, -0.15) is 0 Å². The van der Waals surface area contributed by atoms with Gasteiger partial charge in [0.1, 0.15) is 5.75 Å². The third-order valence-electron chi connectivity index (χ3n) is 3.52. The average molecular weight is 322 g/mol. The Hall–Kier alpha value is -2.08. The summed E-state index contributed by atoms with van der Waals surface area (Å²) in [7, 11) is 1.55. The van der Waals surface area contributed by atoms with Crippen LogP contribution in [0.1, 0.15) is 23.1 Å². The predicted octanol–water partition coefficient (Wildman–Crippen LogP) is 1.26. The summed E-state index contributed by atoms with van der Waals surface area (Å²) in [5, 5.41) is 5.41. The van der Waals surface area contributed by atoms with Gasteiger partial charge in [-0.3, -0.25) is 9.59 Å². The fraction of sp³-hybridized carbons (Fsp3) is 0.529. The van der Waals surface area contributed by atoms with Gasteiger partial charge in [0.25, 0.3) is 5.91 Å². The SMILES string of the molecule is COCCC(=O)NCCNC(=O)COc1c(C)ccc(C)c1C. The zero-order valence-corrected chi connectivity index (χ0v) is 14.3. The van der Waals surface area contributed by atoms with Crippen LogP contribution in [0.15, 0.2) is 12.1 Å². The maximum atomic E-state index is 11.8. The molecular formula is C17H26N2O4. The molecule has 0 radical (unpaired) electrons. The van der Waals surface area contributed by atoms with Crippen LogP contribution < -0.4 is 15.4 Å². The van der Waals surface area contributed by atoms with Crippen molar-refractivity contribution in [3.8, 4) is 5.75 Å². The highest BCUT2D eigenvalue weighted by Gasteiger charge is 2.09. The van der Waals surface area contributed by atoms with Crippen molar-refractivity contribution >= 4 is 11.8 Å². The standard InChI is InChI=1S/C17H26N2O4/c1-12-5-6-13(2)17(14(12)3)23-11-16(21)19-9-8-18-15(20)7-10-22-4/h5-6H,7-11H2,1-4H3,(H,18,20)(H,19,21). The Labute approximate surface area is 137 Å². The minimum atomic E-state index is -0.212. The van der Waals surface area contributed by atoms with Crippen LogP contribution >= 0.6 is 0 Å². The van der Waals surface area contributed by atoms with Crippen LogP contribution in [0.25, 0.3) is 0 Å². The number of benzene rings is 1. The molecule has 6 heteroatoms. The van der Waals surface area contributed by atoms with Crippen LogP contribution in [0.3, 0.4) is 0 Å². The third-order valence-corrected chi connectivity index (χ3v) is 3.52. The normalized spacial score (nSPS) is 10.3. The van der Waals surface area contributed by atoms with Crippen molar-refractivity contribution in [2.24, 2.45) is 0 Å². The number of aryl methyl sites for hydroxylation is 2. The summed E-state index contributed by atoms with van der Waals surface area (Å²) < 4.78 is 10.4. The van der Waals surface area contributed by atoms with E-state index in [1.165, 1.54) is 0 Å². The van der Waals surface area contributed by atoms with Crippen LogP contribution in [0.4, 0.5) is 0 Å². The van der Waals surface area contributed by atoms with Crippen LogP contribution in [-0.4, -0.2) is 45.2 Å². The second-order valence-electron chi connectivity index (χ2n) is 5.38. The average Bonchev–Trinajstić information content (AvgIpc) is 2.53. The van der Waals surface area contributed by atoms with E-state index in [9.17, 15) is 9.59 Å². The van der Waals surface area contributed by atoms with Gasteiger partial charge < -0.3 is 20.1 Å². The fourth-order valence-electron chi connectivity index (χ4n) is 2.02. The lowest BCUT2D eigenvalue weighted by atomic mass is 10.1. The summed E-state index contributed by atoms with van der Waals surface area (Å²) in [6, 6.07) is 4.01. The summed E-state index contributed by atoms with van der Waals surface area (Å²) in [6.45, 7) is 7.04. The van der Waals surface area contributed by atoms with Crippen molar-refractivity contribution in [2.75, 3.05) is 33.4 Å². The number of nitrogens with one attached hydrogen (secondary N) is 2. The van der Waals surface area contributed by atoms with E-state index in [-0.39, 0.29) is 18.4 Å². The molecule has 0 fully saturated rings. The fourth-order valence-corrected chi connectivity index (χ4v) is 2.02. The Bertz CT molecular complexity index is 544. The highest BCUT2D eigenvalue weighted by atomic mass is 16.5. The largest absolute Gasteiger partial charge is 0.483 e.